The van der Waals surface area contributed by atoms with Crippen molar-refractivity contribution in [1.29, 1.82) is 0 Å². The maximum absolute atomic E-state index is 14.2. The lowest BCUT2D eigenvalue weighted by molar-refractivity contribution is -0.291. The number of carbonyl (C=O) groups is 2. The first-order valence-corrected chi connectivity index (χ1v) is 15.4. The van der Waals surface area contributed by atoms with Gasteiger partial charge in [-0.15, -0.1) is 6.42 Å². The lowest BCUT2D eigenvalue weighted by Gasteiger charge is -2.46. The molecule has 1 unspecified atom stereocenters. The second-order valence-electron chi connectivity index (χ2n) is 13.9. The van der Waals surface area contributed by atoms with Crippen LogP contribution >= 0.6 is 0 Å². The standard InChI is InChI=1S/C32H55N3O7/c1-12-32(39-11)16-20(2)17-35(10)25(23-13-14-34(9)18-23)19-40-30(38)31(5,6)27(37)22(4)28(32)42-29-26(36)24(33(7)8)15-21(3)41-29/h1,20-26,28-29,36H,13-19H2,2-11H3/t20-,21-,22+,23+,24+,25?,26-,28-,29+,32-/m1/s1. The number of hydrogen-bond donors (Lipinski definition) is 1. The number of ether oxygens (including phenoxy) is 4. The second-order valence-corrected chi connectivity index (χ2v) is 13.9. The van der Waals surface area contributed by atoms with Gasteiger partial charge in [0.25, 0.3) is 0 Å². The SMILES string of the molecule is C#C[C@@]1(OC)C[C@@H](C)CN(C)C([C@H]2CCN(C)C2)COC(=O)C(C)(C)C(=O)[C@H](C)[C@H]1O[C@@H]1O[C@H](C)C[C@H](N(C)C)[C@H]1O. The zero-order chi connectivity index (χ0) is 31.6. The summed E-state index contributed by atoms with van der Waals surface area (Å²) in [5.74, 6) is 1.40. The van der Waals surface area contributed by atoms with Crippen LogP contribution in [0.15, 0.2) is 0 Å². The first-order chi connectivity index (χ1) is 19.6. The van der Waals surface area contributed by atoms with Gasteiger partial charge in [-0.25, -0.2) is 0 Å². The summed E-state index contributed by atoms with van der Waals surface area (Å²) in [6, 6.07) is -0.219. The van der Waals surface area contributed by atoms with E-state index in [1.54, 1.807) is 20.8 Å². The zero-order valence-corrected chi connectivity index (χ0v) is 27.5. The quantitative estimate of drug-likeness (QED) is 0.289. The van der Waals surface area contributed by atoms with Gasteiger partial charge in [0.05, 0.1) is 6.10 Å². The minimum atomic E-state index is -1.46. The molecule has 10 heteroatoms. The van der Waals surface area contributed by atoms with E-state index >= 15 is 0 Å². The number of aliphatic hydroxyl groups excluding tert-OH is 1. The van der Waals surface area contributed by atoms with E-state index in [9.17, 15) is 14.7 Å². The van der Waals surface area contributed by atoms with Gasteiger partial charge in [0.1, 0.15) is 24.2 Å². The highest BCUT2D eigenvalue weighted by molar-refractivity contribution is 6.04. The smallest absolute Gasteiger partial charge is 0.319 e. The average molecular weight is 594 g/mol. The van der Waals surface area contributed by atoms with Gasteiger partial charge in [-0.3, -0.25) is 14.5 Å². The maximum atomic E-state index is 14.2. The number of rotatable bonds is 5. The predicted octanol–water partition coefficient (Wildman–Crippen LogP) is 1.88. The van der Waals surface area contributed by atoms with Crippen molar-refractivity contribution >= 4 is 11.8 Å². The third-order valence-electron chi connectivity index (χ3n) is 9.79. The molecular formula is C32H55N3O7. The molecule has 3 heterocycles. The van der Waals surface area contributed by atoms with Crippen molar-refractivity contribution in [3.05, 3.63) is 0 Å². The van der Waals surface area contributed by atoms with Gasteiger partial charge in [0.15, 0.2) is 17.7 Å². The van der Waals surface area contributed by atoms with E-state index in [-0.39, 0.29) is 36.5 Å². The molecule has 0 aromatic carbocycles. The number of aliphatic hydroxyl groups is 1. The van der Waals surface area contributed by atoms with Crippen molar-refractivity contribution in [2.24, 2.45) is 23.2 Å². The Morgan fingerprint density at radius 1 is 1.14 bits per heavy atom. The summed E-state index contributed by atoms with van der Waals surface area (Å²) in [7, 11) is 9.49. The molecule has 0 spiro atoms. The summed E-state index contributed by atoms with van der Waals surface area (Å²) in [5.41, 5.74) is -2.79. The average Bonchev–Trinajstić information content (AvgIpc) is 3.36. The molecule has 0 aromatic rings. The molecule has 42 heavy (non-hydrogen) atoms. The number of esters is 1. The van der Waals surface area contributed by atoms with E-state index < -0.39 is 41.4 Å². The third kappa shape index (κ3) is 7.37. The van der Waals surface area contributed by atoms with Crippen LogP contribution in [0, 0.1) is 35.5 Å². The highest BCUT2D eigenvalue weighted by atomic mass is 16.7. The molecule has 3 rings (SSSR count). The van der Waals surface area contributed by atoms with E-state index in [4.69, 9.17) is 25.4 Å². The topological polar surface area (TPSA) is 101 Å². The van der Waals surface area contributed by atoms with E-state index in [1.165, 1.54) is 7.11 Å². The number of carbonyl (C=O) groups excluding carboxylic acids is 2. The van der Waals surface area contributed by atoms with Crippen molar-refractivity contribution in [2.45, 2.75) is 96.2 Å². The largest absolute Gasteiger partial charge is 0.463 e. The Labute approximate surface area is 253 Å². The van der Waals surface area contributed by atoms with Crippen LogP contribution in [-0.4, -0.2) is 135 Å². The first kappa shape index (κ1) is 34.9. The number of likely N-dealkylation sites (N-methyl/N-ethyl adjacent to an activating group) is 2. The van der Waals surface area contributed by atoms with Gasteiger partial charge in [0.2, 0.25) is 0 Å². The van der Waals surface area contributed by atoms with Crippen LogP contribution in [0.4, 0.5) is 0 Å². The van der Waals surface area contributed by atoms with Crippen LogP contribution in [0.5, 0.6) is 0 Å². The molecule has 0 amide bonds. The zero-order valence-electron chi connectivity index (χ0n) is 27.5. The normalized spacial score (nSPS) is 41.5. The van der Waals surface area contributed by atoms with Crippen LogP contribution in [0.25, 0.3) is 0 Å². The van der Waals surface area contributed by atoms with Crippen LogP contribution in [-0.2, 0) is 28.5 Å². The number of nitrogens with zero attached hydrogens (tertiary/aromatic N) is 3. The number of cyclic esters (lactones) is 1. The molecule has 0 saturated carbocycles. The highest BCUT2D eigenvalue weighted by Crippen LogP contribution is 2.38. The number of methoxy groups -OCH3 is 1. The van der Waals surface area contributed by atoms with Gasteiger partial charge in [-0.05, 0) is 86.6 Å². The first-order valence-electron chi connectivity index (χ1n) is 15.4. The fourth-order valence-electron chi connectivity index (χ4n) is 7.21. The fraction of sp³-hybridized carbons (Fsp3) is 0.875. The van der Waals surface area contributed by atoms with Crippen molar-refractivity contribution < 1.29 is 33.6 Å². The number of likely N-dealkylation sites (tertiary alicyclic amines) is 1. The number of hydrogen-bond acceptors (Lipinski definition) is 10. The lowest BCUT2D eigenvalue weighted by atomic mass is 9.73. The summed E-state index contributed by atoms with van der Waals surface area (Å²) in [4.78, 5) is 34.2. The summed E-state index contributed by atoms with van der Waals surface area (Å²) >= 11 is 0. The summed E-state index contributed by atoms with van der Waals surface area (Å²) in [6.45, 7) is 11.7. The van der Waals surface area contributed by atoms with E-state index in [2.05, 4.69) is 36.7 Å². The van der Waals surface area contributed by atoms with E-state index in [1.807, 2.05) is 25.9 Å². The van der Waals surface area contributed by atoms with Crippen molar-refractivity contribution in [3.8, 4) is 12.3 Å². The Kier molecular flexibility index (Phi) is 11.7. The highest BCUT2D eigenvalue weighted by Gasteiger charge is 2.53. The Morgan fingerprint density at radius 2 is 1.81 bits per heavy atom. The van der Waals surface area contributed by atoms with Crippen LogP contribution < -0.4 is 0 Å². The summed E-state index contributed by atoms with van der Waals surface area (Å²) < 4.78 is 24.7. The Hall–Kier alpha value is -1.58. The van der Waals surface area contributed by atoms with Gasteiger partial charge in [-0.1, -0.05) is 19.8 Å². The van der Waals surface area contributed by atoms with E-state index in [0.717, 1.165) is 19.5 Å². The summed E-state index contributed by atoms with van der Waals surface area (Å²) in [6.07, 6.45) is 5.05. The Morgan fingerprint density at radius 3 is 2.36 bits per heavy atom. The van der Waals surface area contributed by atoms with E-state index in [0.29, 0.717) is 25.3 Å². The maximum Gasteiger partial charge on any atom is 0.319 e. The minimum Gasteiger partial charge on any atom is -0.463 e. The molecule has 240 valence electrons. The van der Waals surface area contributed by atoms with Gasteiger partial charge < -0.3 is 33.9 Å². The van der Waals surface area contributed by atoms with Crippen molar-refractivity contribution in [1.82, 2.24) is 14.7 Å². The molecule has 1 N–H and O–H groups in total. The van der Waals surface area contributed by atoms with Crippen LogP contribution in [0.1, 0.15) is 53.9 Å². The van der Waals surface area contributed by atoms with Crippen LogP contribution in [0.2, 0.25) is 0 Å². The molecule has 0 bridgehead atoms. The minimum absolute atomic E-state index is 0.00417. The molecule has 3 fully saturated rings. The molecule has 10 atom stereocenters. The Bertz CT molecular complexity index is 984. The number of terminal acetylenes is 1. The molecule has 0 radical (unpaired) electrons. The lowest BCUT2D eigenvalue weighted by Crippen LogP contribution is -2.60. The van der Waals surface area contributed by atoms with Gasteiger partial charge in [-0.2, -0.15) is 0 Å². The molecule has 3 aliphatic heterocycles. The van der Waals surface area contributed by atoms with Crippen LogP contribution in [0.3, 0.4) is 0 Å². The van der Waals surface area contributed by atoms with Crippen molar-refractivity contribution in [2.75, 3.05) is 61.5 Å². The fourth-order valence-corrected chi connectivity index (χ4v) is 7.21. The number of ketones is 1. The van der Waals surface area contributed by atoms with Crippen molar-refractivity contribution in [3.63, 3.8) is 0 Å². The molecule has 3 saturated heterocycles. The Balaban J connectivity index is 2.04. The molecule has 3 aliphatic rings. The number of Topliss-reactive ketones (excluding diaryl/α,β-unsaturated/α-hetero) is 1. The molecule has 0 aliphatic carbocycles. The molecule has 0 aromatic heterocycles. The third-order valence-corrected chi connectivity index (χ3v) is 9.79. The second kappa shape index (κ2) is 14.0. The monoisotopic (exact) mass is 593 g/mol. The summed E-state index contributed by atoms with van der Waals surface area (Å²) in [5, 5.41) is 11.3. The molecule has 10 nitrogen and oxygen atoms in total. The molecular weight excluding hydrogens is 538 g/mol. The van der Waals surface area contributed by atoms with Gasteiger partial charge in [0, 0.05) is 38.2 Å². The predicted molar refractivity (Wildman–Crippen MR) is 161 cm³/mol. The van der Waals surface area contributed by atoms with Gasteiger partial charge >= 0.3 is 5.97 Å².